The van der Waals surface area contributed by atoms with Gasteiger partial charge >= 0.3 is 0 Å². The summed E-state index contributed by atoms with van der Waals surface area (Å²) in [6.45, 7) is 0. The second kappa shape index (κ2) is 6.89. The zero-order valence-corrected chi connectivity index (χ0v) is 10.6. The molecular weight excluding hydrogens is 272 g/mol. The monoisotopic (exact) mass is 281 g/mol. The van der Waals surface area contributed by atoms with Crippen LogP contribution in [-0.4, -0.2) is 21.8 Å². The standard InChI is InChI=1S/C9H10Cl3N3O/c10-4-2-1-3-8(16)14-7-5-6(11)13-9(12)15-7/h5H,1-4H2,(H,13,14,15,16). The number of unbranched alkanes of at least 4 members (excludes halogenated alkanes) is 1. The van der Waals surface area contributed by atoms with E-state index in [9.17, 15) is 4.79 Å². The molecule has 0 radical (unpaired) electrons. The van der Waals surface area contributed by atoms with Crippen molar-refractivity contribution in [3.63, 3.8) is 0 Å². The number of nitrogens with zero attached hydrogens (tertiary/aromatic N) is 2. The van der Waals surface area contributed by atoms with Crippen molar-refractivity contribution in [3.8, 4) is 0 Å². The van der Waals surface area contributed by atoms with Crippen molar-refractivity contribution in [2.45, 2.75) is 19.3 Å². The van der Waals surface area contributed by atoms with Crippen LogP contribution in [0, 0.1) is 0 Å². The number of hydrogen-bond donors (Lipinski definition) is 1. The van der Waals surface area contributed by atoms with Gasteiger partial charge in [-0.15, -0.1) is 11.6 Å². The van der Waals surface area contributed by atoms with Gasteiger partial charge in [0.25, 0.3) is 0 Å². The quantitative estimate of drug-likeness (QED) is 0.391. The molecule has 1 aromatic heterocycles. The van der Waals surface area contributed by atoms with Gasteiger partial charge in [0.1, 0.15) is 11.0 Å². The van der Waals surface area contributed by atoms with E-state index in [4.69, 9.17) is 34.8 Å². The summed E-state index contributed by atoms with van der Waals surface area (Å²) in [5.41, 5.74) is 0. The minimum absolute atomic E-state index is 0.00329. The van der Waals surface area contributed by atoms with Crippen molar-refractivity contribution in [1.82, 2.24) is 9.97 Å². The van der Waals surface area contributed by atoms with Crippen molar-refractivity contribution in [3.05, 3.63) is 16.5 Å². The SMILES string of the molecule is O=C(CCCCCl)Nc1cc(Cl)nc(Cl)n1. The number of carbonyl (C=O) groups excluding carboxylic acids is 1. The van der Waals surface area contributed by atoms with Crippen LogP contribution in [0.3, 0.4) is 0 Å². The Morgan fingerprint density at radius 2 is 2.06 bits per heavy atom. The summed E-state index contributed by atoms with van der Waals surface area (Å²) in [7, 11) is 0. The average Bonchev–Trinajstić information content (AvgIpc) is 2.16. The first-order chi connectivity index (χ1) is 7.61. The molecule has 0 aliphatic carbocycles. The summed E-state index contributed by atoms with van der Waals surface area (Å²) < 4.78 is 0. The predicted octanol–water partition coefficient (Wildman–Crippen LogP) is 3.13. The van der Waals surface area contributed by atoms with E-state index in [-0.39, 0.29) is 16.3 Å². The Labute approximate surface area is 108 Å². The lowest BCUT2D eigenvalue weighted by Crippen LogP contribution is -2.12. The van der Waals surface area contributed by atoms with Gasteiger partial charge < -0.3 is 5.32 Å². The lowest BCUT2D eigenvalue weighted by molar-refractivity contribution is -0.116. The van der Waals surface area contributed by atoms with E-state index in [0.717, 1.165) is 12.8 Å². The lowest BCUT2D eigenvalue weighted by atomic mass is 10.2. The first-order valence-electron chi connectivity index (χ1n) is 4.67. The molecule has 0 saturated carbocycles. The molecule has 0 aliphatic rings. The van der Waals surface area contributed by atoms with Gasteiger partial charge in [0, 0.05) is 18.4 Å². The summed E-state index contributed by atoms with van der Waals surface area (Å²) in [5, 5.41) is 2.77. The first kappa shape index (κ1) is 13.5. The predicted molar refractivity (Wildman–Crippen MR) is 65.3 cm³/mol. The van der Waals surface area contributed by atoms with Crippen molar-refractivity contribution < 1.29 is 4.79 Å². The molecule has 1 amide bonds. The molecule has 4 nitrogen and oxygen atoms in total. The Kier molecular flexibility index (Phi) is 5.80. The summed E-state index contributed by atoms with van der Waals surface area (Å²) in [4.78, 5) is 18.9. The van der Waals surface area contributed by atoms with Crippen LogP contribution in [0.5, 0.6) is 0 Å². The topological polar surface area (TPSA) is 54.9 Å². The maximum Gasteiger partial charge on any atom is 0.225 e. The van der Waals surface area contributed by atoms with Gasteiger partial charge in [0.2, 0.25) is 11.2 Å². The van der Waals surface area contributed by atoms with E-state index in [1.807, 2.05) is 0 Å². The minimum atomic E-state index is -0.143. The van der Waals surface area contributed by atoms with Crippen LogP contribution in [0.25, 0.3) is 0 Å². The van der Waals surface area contributed by atoms with Gasteiger partial charge in [0.05, 0.1) is 0 Å². The molecule has 0 bridgehead atoms. The number of nitrogens with one attached hydrogen (secondary N) is 1. The van der Waals surface area contributed by atoms with Gasteiger partial charge in [-0.3, -0.25) is 4.79 Å². The Morgan fingerprint density at radius 3 is 2.69 bits per heavy atom. The molecule has 1 N–H and O–H groups in total. The average molecular weight is 283 g/mol. The summed E-state index contributed by atoms with van der Waals surface area (Å²) >= 11 is 16.7. The normalized spacial score (nSPS) is 10.2. The maximum absolute atomic E-state index is 11.4. The van der Waals surface area contributed by atoms with E-state index < -0.39 is 0 Å². The lowest BCUT2D eigenvalue weighted by Gasteiger charge is -2.04. The molecule has 16 heavy (non-hydrogen) atoms. The zero-order valence-electron chi connectivity index (χ0n) is 8.34. The molecule has 0 aromatic carbocycles. The number of aromatic nitrogens is 2. The fourth-order valence-corrected chi connectivity index (χ4v) is 1.64. The highest BCUT2D eigenvalue weighted by atomic mass is 35.5. The van der Waals surface area contributed by atoms with E-state index >= 15 is 0 Å². The van der Waals surface area contributed by atoms with Crippen LogP contribution in [0.4, 0.5) is 5.82 Å². The van der Waals surface area contributed by atoms with E-state index in [0.29, 0.717) is 18.1 Å². The first-order valence-corrected chi connectivity index (χ1v) is 5.97. The van der Waals surface area contributed by atoms with Crippen LogP contribution in [0.1, 0.15) is 19.3 Å². The van der Waals surface area contributed by atoms with E-state index in [2.05, 4.69) is 15.3 Å². The molecule has 0 fully saturated rings. The van der Waals surface area contributed by atoms with Crippen LogP contribution in [0.2, 0.25) is 10.4 Å². The third-order valence-electron chi connectivity index (χ3n) is 1.72. The van der Waals surface area contributed by atoms with Gasteiger partial charge in [-0.2, -0.15) is 0 Å². The molecule has 1 rings (SSSR count). The van der Waals surface area contributed by atoms with Crippen LogP contribution in [-0.2, 0) is 4.79 Å². The second-order valence-electron chi connectivity index (χ2n) is 3.04. The van der Waals surface area contributed by atoms with Crippen LogP contribution < -0.4 is 5.32 Å². The fraction of sp³-hybridized carbons (Fsp3) is 0.444. The number of hydrogen-bond acceptors (Lipinski definition) is 3. The third-order valence-corrected chi connectivity index (χ3v) is 2.35. The number of alkyl halides is 1. The highest BCUT2D eigenvalue weighted by molar-refractivity contribution is 6.32. The number of carbonyl (C=O) groups is 1. The molecular formula is C9H10Cl3N3O. The number of rotatable bonds is 5. The molecule has 0 unspecified atom stereocenters. The van der Waals surface area contributed by atoms with Crippen molar-refractivity contribution >= 4 is 46.5 Å². The Balaban J connectivity index is 2.49. The minimum Gasteiger partial charge on any atom is -0.311 e. The van der Waals surface area contributed by atoms with Crippen molar-refractivity contribution in [2.24, 2.45) is 0 Å². The van der Waals surface area contributed by atoms with Gasteiger partial charge in [-0.1, -0.05) is 11.6 Å². The van der Waals surface area contributed by atoms with Crippen LogP contribution >= 0.6 is 34.8 Å². The Hall–Kier alpha value is -0.580. The molecule has 0 spiro atoms. The van der Waals surface area contributed by atoms with Gasteiger partial charge in [-0.05, 0) is 24.4 Å². The summed E-state index contributed by atoms with van der Waals surface area (Å²) in [6, 6.07) is 1.44. The second-order valence-corrected chi connectivity index (χ2v) is 4.14. The van der Waals surface area contributed by atoms with Crippen LogP contribution in [0.15, 0.2) is 6.07 Å². The third kappa shape index (κ3) is 4.96. The zero-order chi connectivity index (χ0) is 12.0. The Morgan fingerprint density at radius 1 is 1.31 bits per heavy atom. The molecule has 7 heteroatoms. The van der Waals surface area contributed by atoms with Gasteiger partial charge in [-0.25, -0.2) is 9.97 Å². The molecule has 0 saturated heterocycles. The number of halogens is 3. The van der Waals surface area contributed by atoms with E-state index in [1.54, 1.807) is 0 Å². The smallest absolute Gasteiger partial charge is 0.225 e. The fourth-order valence-electron chi connectivity index (χ4n) is 1.04. The Bertz CT molecular complexity index is 353. The maximum atomic E-state index is 11.4. The van der Waals surface area contributed by atoms with Gasteiger partial charge in [0.15, 0.2) is 0 Å². The summed E-state index contributed by atoms with van der Waals surface area (Å²) in [6.07, 6.45) is 1.94. The highest BCUT2D eigenvalue weighted by Crippen LogP contribution is 2.14. The largest absolute Gasteiger partial charge is 0.311 e. The molecule has 0 aliphatic heterocycles. The summed E-state index contributed by atoms with van der Waals surface area (Å²) in [5.74, 6) is 0.718. The molecule has 88 valence electrons. The molecule has 0 atom stereocenters. The van der Waals surface area contributed by atoms with E-state index in [1.165, 1.54) is 6.07 Å². The van der Waals surface area contributed by atoms with Crippen molar-refractivity contribution in [1.29, 1.82) is 0 Å². The number of anilines is 1. The highest BCUT2D eigenvalue weighted by Gasteiger charge is 2.05. The molecule has 1 aromatic rings. The number of amides is 1. The van der Waals surface area contributed by atoms with Crippen molar-refractivity contribution in [2.75, 3.05) is 11.2 Å². The molecule has 1 heterocycles.